The maximum Gasteiger partial charge on any atom is 0.265 e. The van der Waals surface area contributed by atoms with Crippen LogP contribution in [0.5, 0.6) is 5.75 Å². The molecule has 2 aromatic rings. The maximum absolute atomic E-state index is 12.2. The number of ether oxygens (including phenoxy) is 1. The second-order valence-corrected chi connectivity index (χ2v) is 4.33. The van der Waals surface area contributed by atoms with E-state index in [1.807, 2.05) is 24.3 Å². The average Bonchev–Trinajstić information content (AvgIpc) is 2.51. The van der Waals surface area contributed by atoms with Crippen molar-refractivity contribution < 1.29 is 9.53 Å². The van der Waals surface area contributed by atoms with Crippen molar-refractivity contribution in [3.63, 3.8) is 0 Å². The van der Waals surface area contributed by atoms with Crippen LogP contribution in [0, 0.1) is 11.3 Å². The molecule has 0 aliphatic carbocycles. The largest absolute Gasteiger partial charge is 0.484 e. The zero-order valence-electron chi connectivity index (χ0n) is 11.4. The molecule has 5 heteroatoms. The van der Waals surface area contributed by atoms with Gasteiger partial charge in [-0.1, -0.05) is 24.3 Å². The van der Waals surface area contributed by atoms with Gasteiger partial charge in [-0.25, -0.2) is 0 Å². The maximum atomic E-state index is 12.2. The number of nitrogens with two attached hydrogens (primary N) is 1. The fraction of sp³-hybridized carbons (Fsp3) is 0.125. The van der Waals surface area contributed by atoms with Crippen LogP contribution in [0.15, 0.2) is 54.6 Å². The second-order valence-electron chi connectivity index (χ2n) is 4.33. The van der Waals surface area contributed by atoms with Gasteiger partial charge in [0, 0.05) is 17.4 Å². The van der Waals surface area contributed by atoms with E-state index >= 15 is 0 Å². The Morgan fingerprint density at radius 2 is 1.95 bits per heavy atom. The topological polar surface area (TPSA) is 79.3 Å². The van der Waals surface area contributed by atoms with Crippen LogP contribution in [0.2, 0.25) is 0 Å². The number of carbonyl (C=O) groups is 1. The monoisotopic (exact) mass is 281 g/mol. The molecule has 0 saturated carbocycles. The summed E-state index contributed by atoms with van der Waals surface area (Å²) in [5.74, 6) is 0.235. The number of nitriles is 1. The van der Waals surface area contributed by atoms with Gasteiger partial charge in [0.25, 0.3) is 5.91 Å². The third-order valence-corrected chi connectivity index (χ3v) is 2.82. The Balaban J connectivity index is 2.04. The van der Waals surface area contributed by atoms with Crippen LogP contribution in [0.3, 0.4) is 0 Å². The van der Waals surface area contributed by atoms with Gasteiger partial charge in [-0.3, -0.25) is 9.69 Å². The summed E-state index contributed by atoms with van der Waals surface area (Å²) in [7, 11) is 0. The molecule has 0 spiro atoms. The molecule has 1 amide bonds. The summed E-state index contributed by atoms with van der Waals surface area (Å²) in [5.41, 5.74) is 6.88. The van der Waals surface area contributed by atoms with Gasteiger partial charge in [-0.15, -0.1) is 0 Å². The van der Waals surface area contributed by atoms with Crippen LogP contribution in [0.4, 0.5) is 11.4 Å². The van der Waals surface area contributed by atoms with Crippen molar-refractivity contribution in [2.24, 2.45) is 0 Å². The van der Waals surface area contributed by atoms with Crippen LogP contribution < -0.4 is 15.4 Å². The van der Waals surface area contributed by atoms with Crippen molar-refractivity contribution in [2.45, 2.75) is 0 Å². The van der Waals surface area contributed by atoms with Gasteiger partial charge in [0.1, 0.15) is 12.3 Å². The smallest absolute Gasteiger partial charge is 0.265 e. The first-order valence-electron chi connectivity index (χ1n) is 6.41. The number of nitrogen functional groups attached to an aromatic ring is 1. The van der Waals surface area contributed by atoms with Crippen molar-refractivity contribution in [3.8, 4) is 11.8 Å². The lowest BCUT2D eigenvalue weighted by molar-refractivity contribution is -0.120. The summed E-state index contributed by atoms with van der Waals surface area (Å²) >= 11 is 0. The van der Waals surface area contributed by atoms with E-state index in [1.54, 1.807) is 36.4 Å². The fourth-order valence-corrected chi connectivity index (χ4v) is 1.83. The number of amides is 1. The SMILES string of the molecule is N#CCN(C(=O)COc1cccc(N)c1)c1ccccc1. The van der Waals surface area contributed by atoms with Crippen molar-refractivity contribution in [3.05, 3.63) is 54.6 Å². The summed E-state index contributed by atoms with van der Waals surface area (Å²) in [6.07, 6.45) is 0. The molecule has 2 rings (SSSR count). The van der Waals surface area contributed by atoms with E-state index in [4.69, 9.17) is 15.7 Å². The van der Waals surface area contributed by atoms with Crippen molar-refractivity contribution >= 4 is 17.3 Å². The molecule has 0 unspecified atom stereocenters. The summed E-state index contributed by atoms with van der Waals surface area (Å²) in [6.45, 7) is -0.177. The number of hydrogen-bond donors (Lipinski definition) is 1. The Bertz CT molecular complexity index is 650. The van der Waals surface area contributed by atoms with E-state index in [-0.39, 0.29) is 19.1 Å². The third-order valence-electron chi connectivity index (χ3n) is 2.82. The number of anilines is 2. The summed E-state index contributed by atoms with van der Waals surface area (Å²) < 4.78 is 5.42. The Morgan fingerprint density at radius 3 is 2.62 bits per heavy atom. The summed E-state index contributed by atoms with van der Waals surface area (Å²) in [4.78, 5) is 13.6. The van der Waals surface area contributed by atoms with Crippen molar-refractivity contribution in [1.29, 1.82) is 5.26 Å². The highest BCUT2D eigenvalue weighted by Gasteiger charge is 2.15. The summed E-state index contributed by atoms with van der Waals surface area (Å²) in [5, 5.41) is 8.87. The van der Waals surface area contributed by atoms with Gasteiger partial charge < -0.3 is 10.5 Å². The molecule has 0 radical (unpaired) electrons. The molecule has 21 heavy (non-hydrogen) atoms. The minimum absolute atomic E-state index is 0.0247. The van der Waals surface area contributed by atoms with E-state index < -0.39 is 0 Å². The van der Waals surface area contributed by atoms with Gasteiger partial charge in [0.2, 0.25) is 0 Å². The zero-order chi connectivity index (χ0) is 15.1. The number of carbonyl (C=O) groups excluding carboxylic acids is 1. The van der Waals surface area contributed by atoms with Gasteiger partial charge in [-0.2, -0.15) is 5.26 Å². The normalized spacial score (nSPS) is 9.67. The molecule has 0 aliphatic rings. The first-order chi connectivity index (χ1) is 10.2. The predicted octanol–water partition coefficient (Wildman–Crippen LogP) is 2.20. The Kier molecular flexibility index (Phi) is 4.78. The zero-order valence-corrected chi connectivity index (χ0v) is 11.4. The average molecular weight is 281 g/mol. The molecule has 106 valence electrons. The molecule has 0 saturated heterocycles. The van der Waals surface area contributed by atoms with Crippen LogP contribution in [0.1, 0.15) is 0 Å². The van der Waals surface area contributed by atoms with Crippen LogP contribution >= 0.6 is 0 Å². The minimum atomic E-state index is -0.287. The highest BCUT2D eigenvalue weighted by molar-refractivity contribution is 5.94. The lowest BCUT2D eigenvalue weighted by Gasteiger charge is -2.19. The van der Waals surface area contributed by atoms with E-state index in [1.165, 1.54) is 4.90 Å². The number of hydrogen-bond acceptors (Lipinski definition) is 4. The number of para-hydroxylation sites is 1. The quantitative estimate of drug-likeness (QED) is 0.673. The Morgan fingerprint density at radius 1 is 1.19 bits per heavy atom. The molecule has 5 nitrogen and oxygen atoms in total. The Labute approximate surface area is 123 Å². The first kappa shape index (κ1) is 14.4. The standard InChI is InChI=1S/C16H15N3O2/c17-9-10-19(14-6-2-1-3-7-14)16(20)12-21-15-8-4-5-13(18)11-15/h1-8,11H,10,12,18H2. The Hall–Kier alpha value is -3.00. The third kappa shape index (κ3) is 3.98. The van der Waals surface area contributed by atoms with Gasteiger partial charge in [0.05, 0.1) is 6.07 Å². The van der Waals surface area contributed by atoms with E-state index in [0.29, 0.717) is 17.1 Å². The molecular weight excluding hydrogens is 266 g/mol. The number of benzene rings is 2. The fourth-order valence-electron chi connectivity index (χ4n) is 1.83. The number of nitrogens with zero attached hydrogens (tertiary/aromatic N) is 2. The highest BCUT2D eigenvalue weighted by atomic mass is 16.5. The van der Waals surface area contributed by atoms with Crippen LogP contribution in [0.25, 0.3) is 0 Å². The van der Waals surface area contributed by atoms with Gasteiger partial charge in [0.15, 0.2) is 6.61 Å². The van der Waals surface area contributed by atoms with Crippen molar-refractivity contribution in [2.75, 3.05) is 23.8 Å². The van der Waals surface area contributed by atoms with Crippen LogP contribution in [-0.2, 0) is 4.79 Å². The molecular formula is C16H15N3O2. The predicted molar refractivity (Wildman–Crippen MR) is 80.8 cm³/mol. The van der Waals surface area contributed by atoms with Gasteiger partial charge in [-0.05, 0) is 24.3 Å². The summed E-state index contributed by atoms with van der Waals surface area (Å²) in [6, 6.07) is 17.9. The van der Waals surface area contributed by atoms with E-state index in [0.717, 1.165) is 0 Å². The van der Waals surface area contributed by atoms with Gasteiger partial charge >= 0.3 is 0 Å². The lowest BCUT2D eigenvalue weighted by Crippen LogP contribution is -2.35. The van der Waals surface area contributed by atoms with E-state index in [9.17, 15) is 4.79 Å². The molecule has 0 atom stereocenters. The minimum Gasteiger partial charge on any atom is -0.484 e. The van der Waals surface area contributed by atoms with Crippen LogP contribution in [-0.4, -0.2) is 19.1 Å². The molecule has 0 heterocycles. The molecule has 2 N–H and O–H groups in total. The molecule has 0 aliphatic heterocycles. The molecule has 0 aromatic heterocycles. The van der Waals surface area contributed by atoms with E-state index in [2.05, 4.69) is 0 Å². The van der Waals surface area contributed by atoms with Crippen molar-refractivity contribution in [1.82, 2.24) is 0 Å². The molecule has 0 fully saturated rings. The number of rotatable bonds is 5. The second kappa shape index (κ2) is 6.96. The molecule has 0 bridgehead atoms. The highest BCUT2D eigenvalue weighted by Crippen LogP contribution is 2.16. The lowest BCUT2D eigenvalue weighted by atomic mass is 10.3. The molecule has 2 aromatic carbocycles. The first-order valence-corrected chi connectivity index (χ1v) is 6.41.